The van der Waals surface area contributed by atoms with E-state index in [0.29, 0.717) is 24.3 Å². The lowest BCUT2D eigenvalue weighted by Gasteiger charge is -2.31. The van der Waals surface area contributed by atoms with Crippen LogP contribution in [0, 0.1) is 0 Å². The third-order valence-corrected chi connectivity index (χ3v) is 3.07. The van der Waals surface area contributed by atoms with E-state index in [-0.39, 0.29) is 0 Å². The molecule has 1 unspecified atom stereocenters. The second kappa shape index (κ2) is 6.85. The third-order valence-electron chi connectivity index (χ3n) is 3.07. The molecule has 106 valence electrons. The summed E-state index contributed by atoms with van der Waals surface area (Å²) in [7, 11) is 0. The summed E-state index contributed by atoms with van der Waals surface area (Å²) in [4.78, 5) is 0.413. The largest absolute Gasteiger partial charge is 0.487 e. The summed E-state index contributed by atoms with van der Waals surface area (Å²) in [5, 5.41) is 5.47. The fourth-order valence-corrected chi connectivity index (χ4v) is 2.11. The predicted molar refractivity (Wildman–Crippen MR) is 65.9 cm³/mol. The molecule has 0 N–H and O–H groups in total. The molecule has 1 aliphatic rings. The van der Waals surface area contributed by atoms with Crippen molar-refractivity contribution in [1.82, 2.24) is 9.91 Å². The summed E-state index contributed by atoms with van der Waals surface area (Å²) in [5.74, 6) is 0. The molecular weight excluding hydrogens is 243 g/mol. The topological polar surface area (TPSA) is 18.8 Å². The molecule has 1 heterocycles. The highest BCUT2D eigenvalue weighted by Gasteiger charge is 2.44. The fraction of sp³-hybridized carbons (Fsp3) is 0.917. The number of hydrogen-bond acceptors (Lipinski definition) is 3. The van der Waals surface area contributed by atoms with Gasteiger partial charge in [-0.15, -0.1) is 13.2 Å². The molecule has 3 nitrogen and oxygen atoms in total. The zero-order chi connectivity index (χ0) is 13.6. The van der Waals surface area contributed by atoms with Crippen LogP contribution in [-0.2, 0) is 0 Å². The molecule has 0 amide bonds. The summed E-state index contributed by atoms with van der Waals surface area (Å²) in [6, 6.07) is 0. The maximum Gasteiger partial charge on any atom is 0.487 e. The maximum atomic E-state index is 12.8. The van der Waals surface area contributed by atoms with Crippen LogP contribution in [0.2, 0.25) is 0 Å². The van der Waals surface area contributed by atoms with Crippen LogP contribution in [0.15, 0.2) is 5.10 Å². The first-order chi connectivity index (χ1) is 8.50. The first kappa shape index (κ1) is 15.1. The van der Waals surface area contributed by atoms with Crippen molar-refractivity contribution in [2.45, 2.75) is 64.8 Å². The van der Waals surface area contributed by atoms with Crippen molar-refractivity contribution in [2.24, 2.45) is 5.10 Å². The molecule has 0 saturated heterocycles. The summed E-state index contributed by atoms with van der Waals surface area (Å²) in [6.07, 6.45) is 1.32. The second-order valence-electron chi connectivity index (χ2n) is 4.60. The van der Waals surface area contributed by atoms with E-state index in [0.717, 1.165) is 32.0 Å². The number of alkyl halides is 3. The number of halogens is 3. The van der Waals surface area contributed by atoms with Gasteiger partial charge in [-0.3, -0.25) is 9.91 Å². The Morgan fingerprint density at radius 2 is 1.83 bits per heavy atom. The molecule has 0 fully saturated rings. The summed E-state index contributed by atoms with van der Waals surface area (Å²) in [6.45, 7) is 4.61. The minimum absolute atomic E-state index is 0.413. The number of rotatable bonds is 7. The van der Waals surface area contributed by atoms with E-state index in [1.54, 1.807) is 5.01 Å². The van der Waals surface area contributed by atoms with Gasteiger partial charge in [-0.05, 0) is 12.8 Å². The molecule has 18 heavy (non-hydrogen) atoms. The van der Waals surface area contributed by atoms with Gasteiger partial charge in [0.2, 0.25) is 0 Å². The normalized spacial score (nSPS) is 19.9. The Labute approximate surface area is 107 Å². The second-order valence-corrected chi connectivity index (χ2v) is 4.60. The lowest BCUT2D eigenvalue weighted by atomic mass is 10.2. The number of unbranched alkanes of at least 4 members (excludes halogenated alkanes) is 3. The highest BCUT2D eigenvalue weighted by molar-refractivity contribution is 5.57. The first-order valence-electron chi connectivity index (χ1n) is 6.66. The first-order valence-corrected chi connectivity index (χ1v) is 6.66. The van der Waals surface area contributed by atoms with Gasteiger partial charge in [0.1, 0.15) is 12.5 Å². The number of nitrogens with zero attached hydrogens (tertiary/aromatic N) is 3. The summed E-state index contributed by atoms with van der Waals surface area (Å²) >= 11 is 0. The van der Waals surface area contributed by atoms with Gasteiger partial charge in [0, 0.05) is 6.54 Å². The minimum atomic E-state index is -4.33. The van der Waals surface area contributed by atoms with E-state index < -0.39 is 12.5 Å². The van der Waals surface area contributed by atoms with Gasteiger partial charge in [0.15, 0.2) is 0 Å². The van der Waals surface area contributed by atoms with E-state index in [2.05, 4.69) is 12.0 Å². The molecule has 6 heteroatoms. The third kappa shape index (κ3) is 4.07. The Morgan fingerprint density at radius 3 is 2.39 bits per heavy atom. The molecule has 0 aliphatic carbocycles. The van der Waals surface area contributed by atoms with Crippen molar-refractivity contribution in [3.8, 4) is 0 Å². The molecule has 0 saturated carbocycles. The van der Waals surface area contributed by atoms with Gasteiger partial charge < -0.3 is 0 Å². The SMILES string of the molecule is CCCCCCN1N=CN(C(F)(F)F)C1CCC. The quantitative estimate of drug-likeness (QED) is 0.515. The van der Waals surface area contributed by atoms with E-state index in [4.69, 9.17) is 0 Å². The molecule has 0 aromatic rings. The molecular formula is C12H22F3N3. The van der Waals surface area contributed by atoms with Crippen LogP contribution >= 0.6 is 0 Å². The van der Waals surface area contributed by atoms with Crippen molar-refractivity contribution in [2.75, 3.05) is 6.54 Å². The van der Waals surface area contributed by atoms with Gasteiger partial charge in [-0.2, -0.15) is 5.10 Å². The molecule has 0 spiro atoms. The van der Waals surface area contributed by atoms with Crippen molar-refractivity contribution >= 4 is 6.34 Å². The van der Waals surface area contributed by atoms with E-state index in [9.17, 15) is 13.2 Å². The lowest BCUT2D eigenvalue weighted by molar-refractivity contribution is -0.235. The summed E-state index contributed by atoms with van der Waals surface area (Å²) in [5.41, 5.74) is 0. The Balaban J connectivity index is 2.50. The van der Waals surface area contributed by atoms with Gasteiger partial charge in [0.05, 0.1) is 0 Å². The van der Waals surface area contributed by atoms with Crippen LogP contribution in [0.25, 0.3) is 0 Å². The number of hydrazone groups is 1. The van der Waals surface area contributed by atoms with Gasteiger partial charge in [0.25, 0.3) is 0 Å². The molecule has 1 atom stereocenters. The average molecular weight is 265 g/mol. The minimum Gasteiger partial charge on any atom is -0.273 e. The van der Waals surface area contributed by atoms with Crippen LogP contribution in [0.3, 0.4) is 0 Å². The van der Waals surface area contributed by atoms with Crippen molar-refractivity contribution in [3.05, 3.63) is 0 Å². The zero-order valence-electron chi connectivity index (χ0n) is 11.1. The van der Waals surface area contributed by atoms with Crippen LogP contribution in [0.4, 0.5) is 13.2 Å². The van der Waals surface area contributed by atoms with E-state index in [1.165, 1.54) is 0 Å². The highest BCUT2D eigenvalue weighted by atomic mass is 19.4. The standard InChI is InChI=1S/C12H22F3N3/c1-3-5-6-7-9-18-11(8-4-2)17(10-16-18)12(13,14)15/h10-11H,3-9H2,1-2H3. The molecule has 1 aliphatic heterocycles. The summed E-state index contributed by atoms with van der Waals surface area (Å²) < 4.78 is 38.3. The zero-order valence-corrected chi connectivity index (χ0v) is 11.1. The maximum absolute atomic E-state index is 12.8. The Hall–Kier alpha value is -0.940. The monoisotopic (exact) mass is 265 g/mol. The van der Waals surface area contributed by atoms with Crippen LogP contribution in [0.5, 0.6) is 0 Å². The molecule has 0 radical (unpaired) electrons. The van der Waals surface area contributed by atoms with Crippen LogP contribution < -0.4 is 0 Å². The Morgan fingerprint density at radius 1 is 1.11 bits per heavy atom. The Kier molecular flexibility index (Phi) is 5.75. The predicted octanol–water partition coefficient (Wildman–Crippen LogP) is 3.77. The van der Waals surface area contributed by atoms with Crippen LogP contribution in [-0.4, -0.2) is 35.3 Å². The molecule has 0 aromatic carbocycles. The molecule has 0 aromatic heterocycles. The smallest absolute Gasteiger partial charge is 0.273 e. The highest BCUT2D eigenvalue weighted by Crippen LogP contribution is 2.29. The molecule has 1 rings (SSSR count). The molecule has 0 bridgehead atoms. The van der Waals surface area contributed by atoms with Gasteiger partial charge >= 0.3 is 6.30 Å². The average Bonchev–Trinajstić information content (AvgIpc) is 2.68. The van der Waals surface area contributed by atoms with E-state index in [1.807, 2.05) is 6.92 Å². The van der Waals surface area contributed by atoms with E-state index >= 15 is 0 Å². The van der Waals surface area contributed by atoms with Crippen molar-refractivity contribution in [3.63, 3.8) is 0 Å². The van der Waals surface area contributed by atoms with Crippen molar-refractivity contribution in [1.29, 1.82) is 0 Å². The number of hydrogen-bond donors (Lipinski definition) is 0. The lowest BCUT2D eigenvalue weighted by Crippen LogP contribution is -2.47. The van der Waals surface area contributed by atoms with Gasteiger partial charge in [-0.25, -0.2) is 0 Å². The Bertz CT molecular complexity index is 266. The van der Waals surface area contributed by atoms with Crippen molar-refractivity contribution < 1.29 is 13.2 Å². The fourth-order valence-electron chi connectivity index (χ4n) is 2.11. The van der Waals surface area contributed by atoms with Crippen LogP contribution in [0.1, 0.15) is 52.4 Å². The van der Waals surface area contributed by atoms with Gasteiger partial charge in [-0.1, -0.05) is 39.5 Å².